The van der Waals surface area contributed by atoms with E-state index in [1.54, 1.807) is 6.92 Å². The van der Waals surface area contributed by atoms with Crippen molar-refractivity contribution in [2.75, 3.05) is 13.2 Å². The van der Waals surface area contributed by atoms with Gasteiger partial charge in [-0.05, 0) is 56.9 Å². The average molecular weight is 317 g/mol. The highest BCUT2D eigenvalue weighted by Crippen LogP contribution is 2.31. The molecule has 116 valence electrons. The third-order valence-corrected chi connectivity index (χ3v) is 4.73. The van der Waals surface area contributed by atoms with E-state index in [2.05, 4.69) is 4.98 Å². The highest BCUT2D eigenvalue weighted by atomic mass is 32.1. The summed E-state index contributed by atoms with van der Waals surface area (Å²) in [6.45, 7) is 4.82. The van der Waals surface area contributed by atoms with Crippen LogP contribution in [0.5, 0.6) is 5.75 Å². The van der Waals surface area contributed by atoms with Gasteiger partial charge in [0, 0.05) is 5.56 Å². The van der Waals surface area contributed by atoms with Gasteiger partial charge in [0.25, 0.3) is 0 Å². The van der Waals surface area contributed by atoms with Crippen LogP contribution in [0.25, 0.3) is 10.6 Å². The lowest BCUT2D eigenvalue weighted by Crippen LogP contribution is -2.03. The van der Waals surface area contributed by atoms with Gasteiger partial charge >= 0.3 is 5.97 Å². The number of thiazole rings is 1. The van der Waals surface area contributed by atoms with Crippen molar-refractivity contribution in [3.05, 3.63) is 34.8 Å². The molecule has 3 rings (SSSR count). The molecule has 0 radical (unpaired) electrons. The maximum Gasteiger partial charge on any atom is 0.350 e. The molecular formula is C17H19NO3S. The van der Waals surface area contributed by atoms with Crippen molar-refractivity contribution in [3.8, 4) is 16.3 Å². The largest absolute Gasteiger partial charge is 0.493 e. The first-order valence-electron chi connectivity index (χ1n) is 7.55. The zero-order chi connectivity index (χ0) is 15.5. The number of esters is 1. The standard InChI is InChI=1S/C17H19NO3S/c1-3-20-17(19)15-11(2)18-16(22-15)13-6-8-14(9-7-13)21-10-12-4-5-12/h6-9,12H,3-5,10H2,1-2H3. The van der Waals surface area contributed by atoms with Crippen LogP contribution >= 0.6 is 11.3 Å². The molecule has 0 spiro atoms. The topological polar surface area (TPSA) is 48.4 Å². The molecule has 1 aliphatic rings. The fraction of sp³-hybridized carbons (Fsp3) is 0.412. The number of ether oxygens (including phenoxy) is 2. The minimum atomic E-state index is -0.298. The summed E-state index contributed by atoms with van der Waals surface area (Å²) in [4.78, 5) is 16.9. The smallest absolute Gasteiger partial charge is 0.350 e. The number of hydrogen-bond donors (Lipinski definition) is 0. The Morgan fingerprint density at radius 1 is 1.32 bits per heavy atom. The van der Waals surface area contributed by atoms with Gasteiger partial charge in [0.05, 0.1) is 18.9 Å². The Bertz CT molecular complexity index is 659. The molecule has 4 nitrogen and oxygen atoms in total. The highest BCUT2D eigenvalue weighted by Gasteiger charge is 2.22. The van der Waals surface area contributed by atoms with Crippen molar-refractivity contribution >= 4 is 17.3 Å². The summed E-state index contributed by atoms with van der Waals surface area (Å²) in [5.41, 5.74) is 1.70. The Hall–Kier alpha value is -1.88. The zero-order valence-electron chi connectivity index (χ0n) is 12.8. The van der Waals surface area contributed by atoms with Crippen LogP contribution in [0, 0.1) is 12.8 Å². The van der Waals surface area contributed by atoms with Crippen LogP contribution in [0.1, 0.15) is 35.1 Å². The molecular weight excluding hydrogens is 298 g/mol. The molecule has 0 atom stereocenters. The molecule has 0 aliphatic heterocycles. The van der Waals surface area contributed by atoms with E-state index < -0.39 is 0 Å². The maximum absolute atomic E-state index is 11.8. The molecule has 1 saturated carbocycles. The number of benzene rings is 1. The molecule has 22 heavy (non-hydrogen) atoms. The van der Waals surface area contributed by atoms with Crippen LogP contribution in [-0.4, -0.2) is 24.2 Å². The summed E-state index contributed by atoms with van der Waals surface area (Å²) < 4.78 is 10.8. The third-order valence-electron chi connectivity index (χ3n) is 3.54. The van der Waals surface area contributed by atoms with Crippen LogP contribution in [0.4, 0.5) is 0 Å². The van der Waals surface area contributed by atoms with Crippen molar-refractivity contribution in [2.24, 2.45) is 5.92 Å². The molecule has 1 fully saturated rings. The third kappa shape index (κ3) is 3.47. The molecule has 1 aromatic heterocycles. The monoisotopic (exact) mass is 317 g/mol. The first kappa shape index (κ1) is 15.0. The Labute approximate surface area is 134 Å². The van der Waals surface area contributed by atoms with E-state index in [9.17, 15) is 4.79 Å². The van der Waals surface area contributed by atoms with E-state index in [0.717, 1.165) is 28.8 Å². The Balaban J connectivity index is 1.72. The van der Waals surface area contributed by atoms with Crippen LogP contribution in [0.3, 0.4) is 0 Å². The number of carbonyl (C=O) groups excluding carboxylic acids is 1. The minimum absolute atomic E-state index is 0.298. The molecule has 0 saturated heterocycles. The van der Waals surface area contributed by atoms with E-state index in [0.29, 0.717) is 17.2 Å². The van der Waals surface area contributed by atoms with Gasteiger partial charge in [-0.15, -0.1) is 11.3 Å². The number of carbonyl (C=O) groups is 1. The predicted octanol–water partition coefficient (Wildman–Crippen LogP) is 4.08. The summed E-state index contributed by atoms with van der Waals surface area (Å²) in [5.74, 6) is 1.33. The van der Waals surface area contributed by atoms with Crippen molar-refractivity contribution in [2.45, 2.75) is 26.7 Å². The normalized spacial score (nSPS) is 13.9. The van der Waals surface area contributed by atoms with Crippen LogP contribution in [0.2, 0.25) is 0 Å². The van der Waals surface area contributed by atoms with E-state index in [1.807, 2.05) is 31.2 Å². The molecule has 0 N–H and O–H groups in total. The van der Waals surface area contributed by atoms with Gasteiger partial charge in [0.2, 0.25) is 0 Å². The van der Waals surface area contributed by atoms with Crippen molar-refractivity contribution in [3.63, 3.8) is 0 Å². The fourth-order valence-electron chi connectivity index (χ4n) is 2.10. The molecule has 2 aromatic rings. The van der Waals surface area contributed by atoms with Gasteiger partial charge in [0.1, 0.15) is 15.6 Å². The van der Waals surface area contributed by atoms with Crippen LogP contribution in [0.15, 0.2) is 24.3 Å². The van der Waals surface area contributed by atoms with Gasteiger partial charge in [-0.1, -0.05) is 0 Å². The number of nitrogens with zero attached hydrogens (tertiary/aromatic N) is 1. The van der Waals surface area contributed by atoms with Gasteiger partial charge in [-0.2, -0.15) is 0 Å². The van der Waals surface area contributed by atoms with E-state index in [4.69, 9.17) is 9.47 Å². The Morgan fingerprint density at radius 3 is 2.68 bits per heavy atom. The van der Waals surface area contributed by atoms with Gasteiger partial charge in [-0.3, -0.25) is 0 Å². The van der Waals surface area contributed by atoms with Crippen molar-refractivity contribution in [1.29, 1.82) is 0 Å². The second kappa shape index (κ2) is 6.48. The minimum Gasteiger partial charge on any atom is -0.493 e. The maximum atomic E-state index is 11.8. The summed E-state index contributed by atoms with van der Waals surface area (Å²) in [6, 6.07) is 7.88. The SMILES string of the molecule is CCOC(=O)c1sc(-c2ccc(OCC3CC3)cc2)nc1C. The summed E-state index contributed by atoms with van der Waals surface area (Å²) >= 11 is 1.37. The molecule has 5 heteroatoms. The first-order chi connectivity index (χ1) is 10.7. The summed E-state index contributed by atoms with van der Waals surface area (Å²) in [7, 11) is 0. The van der Waals surface area contributed by atoms with E-state index >= 15 is 0 Å². The second-order valence-corrected chi connectivity index (χ2v) is 6.43. The number of aryl methyl sites for hydroxylation is 1. The Kier molecular flexibility index (Phi) is 4.43. The number of hydrogen-bond acceptors (Lipinski definition) is 5. The molecule has 1 aliphatic carbocycles. The molecule has 0 unspecified atom stereocenters. The van der Waals surface area contributed by atoms with Crippen molar-refractivity contribution in [1.82, 2.24) is 4.98 Å². The van der Waals surface area contributed by atoms with Crippen molar-refractivity contribution < 1.29 is 14.3 Å². The summed E-state index contributed by atoms with van der Waals surface area (Å²) in [5, 5.41) is 0.828. The van der Waals surface area contributed by atoms with Gasteiger partial charge in [-0.25, -0.2) is 9.78 Å². The molecule has 1 heterocycles. The molecule has 1 aromatic carbocycles. The van der Waals surface area contributed by atoms with Crippen LogP contribution < -0.4 is 4.74 Å². The lowest BCUT2D eigenvalue weighted by molar-refractivity contribution is 0.0531. The van der Waals surface area contributed by atoms with Gasteiger partial charge in [0.15, 0.2) is 0 Å². The van der Waals surface area contributed by atoms with Gasteiger partial charge < -0.3 is 9.47 Å². The molecule has 0 bridgehead atoms. The van der Waals surface area contributed by atoms with E-state index in [1.165, 1.54) is 24.2 Å². The molecule has 0 amide bonds. The fourth-order valence-corrected chi connectivity index (χ4v) is 3.06. The lowest BCUT2D eigenvalue weighted by atomic mass is 10.2. The second-order valence-electron chi connectivity index (χ2n) is 5.43. The lowest BCUT2D eigenvalue weighted by Gasteiger charge is -2.05. The quantitative estimate of drug-likeness (QED) is 0.753. The predicted molar refractivity (Wildman–Crippen MR) is 86.5 cm³/mol. The first-order valence-corrected chi connectivity index (χ1v) is 8.36. The van der Waals surface area contributed by atoms with Crippen LogP contribution in [-0.2, 0) is 4.74 Å². The number of rotatable bonds is 6. The zero-order valence-corrected chi connectivity index (χ0v) is 13.6. The van der Waals surface area contributed by atoms with E-state index in [-0.39, 0.29) is 5.97 Å². The summed E-state index contributed by atoms with van der Waals surface area (Å²) in [6.07, 6.45) is 2.57. The highest BCUT2D eigenvalue weighted by molar-refractivity contribution is 7.17. The Morgan fingerprint density at radius 2 is 2.05 bits per heavy atom. The average Bonchev–Trinajstić information content (AvgIpc) is 3.27. The number of aromatic nitrogens is 1.